The van der Waals surface area contributed by atoms with E-state index in [0.717, 1.165) is 36.4 Å². The van der Waals surface area contributed by atoms with Gasteiger partial charge < -0.3 is 14.6 Å². The summed E-state index contributed by atoms with van der Waals surface area (Å²) in [5.74, 6) is -3.23. The van der Waals surface area contributed by atoms with Crippen LogP contribution in [0.2, 0.25) is 0 Å². The topological polar surface area (TPSA) is 71.8 Å². The lowest BCUT2D eigenvalue weighted by molar-refractivity contribution is -0.122. The number of carbonyl (C=O) groups excluding carboxylic acids is 1. The Morgan fingerprint density at radius 1 is 1.19 bits per heavy atom. The van der Waals surface area contributed by atoms with Crippen LogP contribution in [-0.2, 0) is 11.3 Å². The first kappa shape index (κ1) is 23.7. The number of nitrogens with zero attached hydrogens (tertiary/aromatic N) is 4. The van der Waals surface area contributed by atoms with E-state index in [9.17, 15) is 18.0 Å². The van der Waals surface area contributed by atoms with E-state index in [1.54, 1.807) is 25.6 Å². The number of aryl methyl sites for hydroxylation is 1. The van der Waals surface area contributed by atoms with Crippen molar-refractivity contribution in [1.82, 2.24) is 19.8 Å². The maximum Gasteiger partial charge on any atom is 0.277 e. The minimum absolute atomic E-state index is 0.114. The van der Waals surface area contributed by atoms with Crippen molar-refractivity contribution in [3.05, 3.63) is 82.8 Å². The number of benzene rings is 2. The van der Waals surface area contributed by atoms with Crippen LogP contribution in [0.25, 0.3) is 11.8 Å². The molecule has 186 valence electrons. The molecule has 3 aromatic rings. The highest BCUT2D eigenvalue weighted by Crippen LogP contribution is 2.30. The molecule has 1 aliphatic carbocycles. The number of halogens is 3. The molecule has 36 heavy (non-hydrogen) atoms. The second kappa shape index (κ2) is 9.52. The normalized spacial score (nSPS) is 17.8. The van der Waals surface area contributed by atoms with Crippen molar-refractivity contribution in [1.29, 1.82) is 0 Å². The number of aliphatic imine (C=N–C) groups is 1. The quantitative estimate of drug-likeness (QED) is 0.391. The van der Waals surface area contributed by atoms with E-state index in [1.165, 1.54) is 4.90 Å². The summed E-state index contributed by atoms with van der Waals surface area (Å²) in [4.78, 5) is 23.4. The fourth-order valence-corrected chi connectivity index (χ4v) is 3.97. The Labute approximate surface area is 205 Å². The summed E-state index contributed by atoms with van der Waals surface area (Å²) < 4.78 is 48.3. The van der Waals surface area contributed by atoms with Gasteiger partial charge in [0.1, 0.15) is 11.4 Å². The van der Waals surface area contributed by atoms with Crippen LogP contribution in [0.5, 0.6) is 5.75 Å². The minimum atomic E-state index is -1.55. The van der Waals surface area contributed by atoms with Crippen LogP contribution < -0.4 is 10.1 Å². The van der Waals surface area contributed by atoms with Gasteiger partial charge in [-0.3, -0.25) is 14.7 Å². The Hall–Kier alpha value is -4.08. The molecular formula is C26H24F3N5O2. The lowest BCUT2D eigenvalue weighted by Crippen LogP contribution is -2.32. The van der Waals surface area contributed by atoms with Crippen LogP contribution in [0.1, 0.15) is 29.7 Å². The second-order valence-electron chi connectivity index (χ2n) is 8.91. The number of imidazole rings is 1. The van der Waals surface area contributed by atoms with E-state index in [1.807, 2.05) is 29.8 Å². The molecule has 7 nitrogen and oxygen atoms in total. The summed E-state index contributed by atoms with van der Waals surface area (Å²) in [5, 5.41) is 3.04. The van der Waals surface area contributed by atoms with E-state index in [0.29, 0.717) is 29.7 Å². The molecule has 0 atom stereocenters. The zero-order valence-corrected chi connectivity index (χ0v) is 19.8. The number of rotatable bonds is 7. The first-order chi connectivity index (χ1) is 17.3. The molecule has 0 bridgehead atoms. The Kier molecular flexibility index (Phi) is 6.26. The average Bonchev–Trinajstić information content (AvgIpc) is 3.53. The molecule has 1 N–H and O–H groups in total. The highest BCUT2D eigenvalue weighted by Gasteiger charge is 2.33. The van der Waals surface area contributed by atoms with Gasteiger partial charge in [-0.25, -0.2) is 18.2 Å². The lowest BCUT2D eigenvalue weighted by atomic mass is 10.1. The van der Waals surface area contributed by atoms with Crippen LogP contribution in [-0.4, -0.2) is 40.0 Å². The van der Waals surface area contributed by atoms with Gasteiger partial charge >= 0.3 is 0 Å². The van der Waals surface area contributed by atoms with Crippen LogP contribution >= 0.6 is 0 Å². The van der Waals surface area contributed by atoms with Crippen molar-refractivity contribution in [3.63, 3.8) is 0 Å². The monoisotopic (exact) mass is 495 g/mol. The number of carbonyl (C=O) groups is 1. The third-order valence-corrected chi connectivity index (χ3v) is 6.06. The number of methoxy groups -OCH3 is 1. The van der Waals surface area contributed by atoms with Crippen molar-refractivity contribution < 1.29 is 22.7 Å². The number of ether oxygens (including phenoxy) is 1. The Morgan fingerprint density at radius 2 is 1.94 bits per heavy atom. The molecule has 2 aliphatic rings. The molecule has 0 radical (unpaired) electrons. The third kappa shape index (κ3) is 4.84. The standard InChI is InChI=1S/C26H24F3N5O2/c1-15-12-33(14-31-15)22-6-5-17(10-23(22)36-2)9-21-25(35)34(26(32-21)30-11-16-3-4-16)13-18-7-19(27)24(29)20(28)8-18/h5-10,12,14,16H,3-4,11,13H2,1-2H3,(H,30,32). The molecule has 1 amide bonds. The largest absolute Gasteiger partial charge is 0.495 e. The molecule has 2 aromatic carbocycles. The van der Waals surface area contributed by atoms with Gasteiger partial charge in [0.25, 0.3) is 5.91 Å². The van der Waals surface area contributed by atoms with Crippen LogP contribution in [0.4, 0.5) is 13.2 Å². The van der Waals surface area contributed by atoms with E-state index >= 15 is 0 Å². The summed E-state index contributed by atoms with van der Waals surface area (Å²) in [6.07, 6.45) is 7.37. The Morgan fingerprint density at radius 3 is 2.58 bits per heavy atom. The summed E-state index contributed by atoms with van der Waals surface area (Å²) in [6, 6.07) is 7.25. The molecule has 0 unspecified atom stereocenters. The van der Waals surface area contributed by atoms with Crippen molar-refractivity contribution >= 4 is 17.9 Å². The smallest absolute Gasteiger partial charge is 0.277 e. The maximum absolute atomic E-state index is 13.8. The minimum Gasteiger partial charge on any atom is -0.495 e. The third-order valence-electron chi connectivity index (χ3n) is 6.06. The second-order valence-corrected chi connectivity index (χ2v) is 8.91. The van der Waals surface area contributed by atoms with Gasteiger partial charge in [0.2, 0.25) is 5.96 Å². The predicted octanol–water partition coefficient (Wildman–Crippen LogP) is 4.35. The van der Waals surface area contributed by atoms with Gasteiger partial charge in [-0.05, 0) is 67.2 Å². The summed E-state index contributed by atoms with van der Waals surface area (Å²) in [5.41, 5.74) is 2.72. The molecule has 1 aliphatic heterocycles. The van der Waals surface area contributed by atoms with E-state index in [4.69, 9.17) is 4.74 Å². The van der Waals surface area contributed by atoms with Gasteiger partial charge in [-0.2, -0.15) is 0 Å². The van der Waals surface area contributed by atoms with E-state index < -0.39 is 23.4 Å². The molecule has 10 heteroatoms. The zero-order chi connectivity index (χ0) is 25.4. The molecule has 1 saturated heterocycles. The van der Waals surface area contributed by atoms with Gasteiger partial charge in [-0.1, -0.05) is 6.07 Å². The number of nitrogens with one attached hydrogen (secondary N) is 1. The van der Waals surface area contributed by atoms with Gasteiger partial charge in [0.05, 0.1) is 31.4 Å². The molecule has 5 rings (SSSR count). The molecular weight excluding hydrogens is 471 g/mol. The van der Waals surface area contributed by atoms with Gasteiger partial charge in [-0.15, -0.1) is 0 Å². The van der Waals surface area contributed by atoms with Gasteiger partial charge in [0, 0.05) is 12.7 Å². The fraction of sp³-hybridized carbons (Fsp3) is 0.269. The average molecular weight is 496 g/mol. The van der Waals surface area contributed by atoms with E-state index in [2.05, 4.69) is 15.3 Å². The summed E-state index contributed by atoms with van der Waals surface area (Å²) >= 11 is 0. The highest BCUT2D eigenvalue weighted by molar-refractivity contribution is 6.15. The molecule has 1 aromatic heterocycles. The highest BCUT2D eigenvalue weighted by atomic mass is 19.2. The Bertz CT molecular complexity index is 1370. The molecule has 2 heterocycles. The van der Waals surface area contributed by atoms with Crippen LogP contribution in [0.3, 0.4) is 0 Å². The predicted molar refractivity (Wildman–Crippen MR) is 128 cm³/mol. The molecule has 0 spiro atoms. The van der Waals surface area contributed by atoms with Gasteiger partial charge in [0.15, 0.2) is 17.5 Å². The van der Waals surface area contributed by atoms with Crippen molar-refractivity contribution in [2.24, 2.45) is 10.9 Å². The summed E-state index contributed by atoms with van der Waals surface area (Å²) in [7, 11) is 1.56. The van der Waals surface area contributed by atoms with E-state index in [-0.39, 0.29) is 17.8 Å². The number of guanidine groups is 1. The number of hydrogen-bond acceptors (Lipinski definition) is 4. The number of amides is 1. The summed E-state index contributed by atoms with van der Waals surface area (Å²) in [6.45, 7) is 2.27. The van der Waals surface area contributed by atoms with Crippen LogP contribution in [0.15, 0.2) is 53.5 Å². The number of aromatic nitrogens is 2. The fourth-order valence-electron chi connectivity index (χ4n) is 3.97. The maximum atomic E-state index is 13.8. The number of hydrogen-bond donors (Lipinski definition) is 1. The Balaban J connectivity index is 1.44. The van der Waals surface area contributed by atoms with Crippen LogP contribution in [0, 0.1) is 30.3 Å². The van der Waals surface area contributed by atoms with Crippen molar-refractivity contribution in [2.45, 2.75) is 26.3 Å². The SMILES string of the molecule is COc1cc(C=C2NC(=NCC3CC3)N(Cc3cc(F)c(F)c(F)c3)C2=O)ccc1-n1cnc(C)c1. The lowest BCUT2D eigenvalue weighted by Gasteiger charge is -2.15. The molecule has 2 fully saturated rings. The molecule has 1 saturated carbocycles. The zero-order valence-electron chi connectivity index (χ0n) is 19.8. The first-order valence-electron chi connectivity index (χ1n) is 11.5. The van der Waals surface area contributed by atoms with Crippen molar-refractivity contribution in [2.75, 3.05) is 13.7 Å². The van der Waals surface area contributed by atoms with Crippen molar-refractivity contribution in [3.8, 4) is 11.4 Å². The first-order valence-corrected chi connectivity index (χ1v) is 11.5.